The Hall–Kier alpha value is -5.52. The monoisotopic (exact) mass is 657 g/mol. The lowest BCUT2D eigenvalue weighted by Crippen LogP contribution is -2.30. The molecule has 7 nitrogen and oxygen atoms in total. The Morgan fingerprint density at radius 2 is 1.38 bits per heavy atom. The van der Waals surface area contributed by atoms with Gasteiger partial charge in [-0.2, -0.15) is 8.75 Å². The zero-order chi connectivity index (χ0) is 32.4. The number of benzene rings is 4. The Balaban J connectivity index is 1.34. The molecule has 0 aliphatic rings. The molecule has 8 rings (SSSR count). The van der Waals surface area contributed by atoms with E-state index in [-0.39, 0.29) is 16.4 Å². The highest BCUT2D eigenvalue weighted by Crippen LogP contribution is 2.49. The summed E-state index contributed by atoms with van der Waals surface area (Å²) in [5.74, 6) is -2.03. The summed E-state index contributed by atoms with van der Waals surface area (Å²) in [5.41, 5.74) is 3.76. The van der Waals surface area contributed by atoms with Crippen molar-refractivity contribution in [3.8, 4) is 10.6 Å². The summed E-state index contributed by atoms with van der Waals surface area (Å²) in [7, 11) is 0. The molecule has 0 fully saturated rings. The van der Waals surface area contributed by atoms with Crippen molar-refractivity contribution < 1.29 is 8.78 Å². The van der Waals surface area contributed by atoms with E-state index in [2.05, 4.69) is 87.1 Å². The zero-order valence-corrected chi connectivity index (χ0v) is 26.4. The van der Waals surface area contributed by atoms with Gasteiger partial charge in [-0.25, -0.2) is 13.8 Å². The largest absolute Gasteiger partial charge is 0.301 e. The summed E-state index contributed by atoms with van der Waals surface area (Å²) in [6.07, 6.45) is 1.45. The Labute approximate surface area is 273 Å². The highest BCUT2D eigenvalue weighted by atomic mass is 32.1. The number of hydrogen-bond donors (Lipinski definition) is 0. The van der Waals surface area contributed by atoms with Gasteiger partial charge >= 0.3 is 0 Å². The van der Waals surface area contributed by atoms with Crippen LogP contribution in [0.1, 0.15) is 11.1 Å². The maximum Gasteiger partial charge on any atom is 0.252 e. The van der Waals surface area contributed by atoms with Gasteiger partial charge in [-0.1, -0.05) is 59.7 Å². The third-order valence-electron chi connectivity index (χ3n) is 8.07. The van der Waals surface area contributed by atoms with Crippen molar-refractivity contribution in [3.05, 3.63) is 140 Å². The molecule has 5 aromatic carbocycles. The minimum absolute atomic E-state index is 0.160. The first-order valence-electron chi connectivity index (χ1n) is 14.5. The molecular weight excluding hydrogens is 637 g/mol. The molecule has 0 N–H and O–H groups in total. The van der Waals surface area contributed by atoms with E-state index in [1.54, 1.807) is 11.3 Å². The van der Waals surface area contributed by atoms with Gasteiger partial charge in [0.2, 0.25) is 5.43 Å². The van der Waals surface area contributed by atoms with Gasteiger partial charge in [0.05, 0.1) is 28.2 Å². The molecule has 0 atom stereocenters. The number of aromatic nitrogens is 3. The van der Waals surface area contributed by atoms with Gasteiger partial charge in [-0.3, -0.25) is 14.6 Å². The fourth-order valence-corrected chi connectivity index (χ4v) is 7.64. The van der Waals surface area contributed by atoms with Crippen molar-refractivity contribution in [2.75, 3.05) is 4.90 Å². The van der Waals surface area contributed by atoms with Crippen molar-refractivity contribution in [3.63, 3.8) is 0 Å². The summed E-state index contributed by atoms with van der Waals surface area (Å²) in [6.45, 7) is 4.11. The highest BCUT2D eigenvalue weighted by Gasteiger charge is 2.24. The van der Waals surface area contributed by atoms with Crippen molar-refractivity contribution in [1.29, 1.82) is 0 Å². The number of halogens is 2. The number of hydrogen-bond acceptors (Lipinski definition) is 9. The summed E-state index contributed by atoms with van der Waals surface area (Å²) >= 11 is 2.52. The molecule has 0 spiro atoms. The lowest BCUT2D eigenvalue weighted by atomic mass is 10.1. The first-order chi connectivity index (χ1) is 22.8. The molecule has 11 heteroatoms. The van der Waals surface area contributed by atoms with Crippen LogP contribution in [0, 0.1) is 25.5 Å². The van der Waals surface area contributed by atoms with Gasteiger partial charge in [-0.15, -0.1) is 11.3 Å². The molecule has 3 heterocycles. The van der Waals surface area contributed by atoms with E-state index in [1.165, 1.54) is 6.20 Å². The molecular formula is C36H21F2N5O2S2. The molecule has 0 saturated carbocycles. The van der Waals surface area contributed by atoms with Crippen LogP contribution in [-0.2, 0) is 0 Å². The molecule has 0 radical (unpaired) electrons. The smallest absolute Gasteiger partial charge is 0.252 e. The lowest BCUT2D eigenvalue weighted by molar-refractivity contribution is 0.592. The predicted molar refractivity (Wildman–Crippen MR) is 184 cm³/mol. The quantitative estimate of drug-likeness (QED) is 0.173. The topological polar surface area (TPSA) is 88.4 Å². The highest BCUT2D eigenvalue weighted by molar-refractivity contribution is 7.21. The molecule has 3 aromatic heterocycles. The van der Waals surface area contributed by atoms with Crippen molar-refractivity contribution >= 4 is 77.7 Å². The van der Waals surface area contributed by atoms with Crippen LogP contribution in [0.15, 0.2) is 106 Å². The minimum atomic E-state index is -1.11. The summed E-state index contributed by atoms with van der Waals surface area (Å²) in [4.78, 5) is 37.7. The normalized spacial score (nSPS) is 12.1. The van der Waals surface area contributed by atoms with E-state index in [0.29, 0.717) is 22.8 Å². The van der Waals surface area contributed by atoms with Gasteiger partial charge < -0.3 is 4.90 Å². The van der Waals surface area contributed by atoms with Gasteiger partial charge in [0, 0.05) is 33.6 Å². The van der Waals surface area contributed by atoms with Crippen LogP contribution in [-0.4, -0.2) is 13.7 Å². The van der Waals surface area contributed by atoms with Crippen LogP contribution in [0.4, 0.5) is 30.8 Å². The number of pyridine rings is 1. The van der Waals surface area contributed by atoms with Gasteiger partial charge in [0.15, 0.2) is 0 Å². The van der Waals surface area contributed by atoms with Crippen LogP contribution in [0.5, 0.6) is 0 Å². The van der Waals surface area contributed by atoms with E-state index in [4.69, 9.17) is 4.98 Å². The maximum atomic E-state index is 14.5. The number of thiophene rings is 1. The molecule has 0 amide bonds. The van der Waals surface area contributed by atoms with E-state index < -0.39 is 27.9 Å². The van der Waals surface area contributed by atoms with Crippen LogP contribution >= 0.6 is 23.1 Å². The average molecular weight is 658 g/mol. The Morgan fingerprint density at radius 3 is 2.06 bits per heavy atom. The van der Waals surface area contributed by atoms with Crippen molar-refractivity contribution in [2.24, 2.45) is 4.99 Å². The van der Waals surface area contributed by atoms with Gasteiger partial charge in [0.1, 0.15) is 44.4 Å². The summed E-state index contributed by atoms with van der Waals surface area (Å²) in [6, 6.07) is 26.3. The predicted octanol–water partition coefficient (Wildman–Crippen LogP) is 8.31. The molecule has 0 aliphatic heterocycles. The third kappa shape index (κ3) is 4.74. The SMILES string of the molecule is Cc1ccc(N(c2ccc(C)cc2)c2sc(-c3ncc(N=c4c(=O)c(=O)c5c(F)cc(F)cc45)c4nsnc34)c3ccccc23)cc1. The van der Waals surface area contributed by atoms with E-state index in [9.17, 15) is 18.4 Å². The fourth-order valence-electron chi connectivity index (χ4n) is 5.76. The average Bonchev–Trinajstić information content (AvgIpc) is 3.76. The Kier molecular flexibility index (Phi) is 6.81. The number of nitrogens with zero attached hydrogens (tertiary/aromatic N) is 5. The summed E-state index contributed by atoms with van der Waals surface area (Å²) < 4.78 is 37.6. The van der Waals surface area contributed by atoms with E-state index in [0.717, 1.165) is 60.9 Å². The zero-order valence-electron chi connectivity index (χ0n) is 24.8. The van der Waals surface area contributed by atoms with Gasteiger partial charge in [0.25, 0.3) is 5.43 Å². The summed E-state index contributed by atoms with van der Waals surface area (Å²) in [5, 5.41) is 1.93. The van der Waals surface area contributed by atoms with E-state index >= 15 is 0 Å². The molecule has 0 saturated heterocycles. The van der Waals surface area contributed by atoms with Crippen LogP contribution < -0.4 is 21.1 Å². The second-order valence-electron chi connectivity index (χ2n) is 11.2. The molecule has 47 heavy (non-hydrogen) atoms. The second-order valence-corrected chi connectivity index (χ2v) is 12.7. The molecule has 228 valence electrons. The number of anilines is 3. The van der Waals surface area contributed by atoms with E-state index in [1.807, 2.05) is 18.2 Å². The third-order valence-corrected chi connectivity index (χ3v) is 9.81. The van der Waals surface area contributed by atoms with Crippen LogP contribution in [0.3, 0.4) is 0 Å². The van der Waals surface area contributed by atoms with Crippen LogP contribution in [0.2, 0.25) is 0 Å². The number of rotatable bonds is 5. The number of aryl methyl sites for hydroxylation is 2. The van der Waals surface area contributed by atoms with Crippen LogP contribution in [0.25, 0.3) is 43.1 Å². The lowest BCUT2D eigenvalue weighted by Gasteiger charge is -2.24. The first kappa shape index (κ1) is 28.9. The fraction of sp³-hybridized carbons (Fsp3) is 0.0556. The molecule has 8 aromatic rings. The standard InChI is InChI=1S/C36H21F2N5O2S2/c1-18-7-11-21(12-8-18)43(22-13-9-19(2)10-14-22)36-24-6-4-3-5-23(24)35(46-36)32-31-30(41-47-42-31)27(17-39-32)40-29-25-15-20(37)16-26(38)28(25)33(44)34(29)45/h3-17H,1-2H3. The van der Waals surface area contributed by atoms with Crippen molar-refractivity contribution in [1.82, 2.24) is 13.7 Å². The van der Waals surface area contributed by atoms with Gasteiger partial charge in [-0.05, 0) is 44.2 Å². The number of fused-ring (bicyclic) bond motifs is 3. The second kappa shape index (κ2) is 11.1. The Bertz CT molecular complexity index is 2630. The maximum absolute atomic E-state index is 14.5. The minimum Gasteiger partial charge on any atom is -0.301 e. The first-order valence-corrected chi connectivity index (χ1v) is 16.1. The molecule has 0 bridgehead atoms. The Morgan fingerprint density at radius 1 is 0.745 bits per heavy atom. The molecule has 0 aliphatic carbocycles. The van der Waals surface area contributed by atoms with Crippen molar-refractivity contribution in [2.45, 2.75) is 13.8 Å². The molecule has 0 unspecified atom stereocenters.